The molecule has 0 spiro atoms. The van der Waals surface area contributed by atoms with Gasteiger partial charge in [-0.2, -0.15) is 0 Å². The molecule has 1 aromatic carbocycles. The molecule has 76 valence electrons. The van der Waals surface area contributed by atoms with Crippen LogP contribution in [0.2, 0.25) is 0 Å². The van der Waals surface area contributed by atoms with E-state index in [0.717, 1.165) is 5.56 Å². The first-order chi connectivity index (χ1) is 6.69. The predicted molar refractivity (Wildman–Crippen MR) is 58.7 cm³/mol. The second kappa shape index (κ2) is 5.05. The van der Waals surface area contributed by atoms with E-state index in [1.807, 2.05) is 37.4 Å². The van der Waals surface area contributed by atoms with Crippen molar-refractivity contribution in [3.63, 3.8) is 0 Å². The first-order valence-corrected chi connectivity index (χ1v) is 5.63. The molecular weight excluding hydrogens is 196 g/mol. The summed E-state index contributed by atoms with van der Waals surface area (Å²) < 4.78 is 4.69. The van der Waals surface area contributed by atoms with Crippen LogP contribution >= 0.6 is 11.8 Å². The zero-order valence-corrected chi connectivity index (χ0v) is 9.43. The number of carbonyl (C=O) groups is 1. The third-order valence-corrected chi connectivity index (χ3v) is 2.87. The SMILES string of the molecule is COC(=O)C(C)c1cccc(SC)c1. The van der Waals surface area contributed by atoms with Crippen molar-refractivity contribution in [2.75, 3.05) is 13.4 Å². The molecule has 2 nitrogen and oxygen atoms in total. The van der Waals surface area contributed by atoms with E-state index in [1.165, 1.54) is 12.0 Å². The molecule has 0 bridgehead atoms. The van der Waals surface area contributed by atoms with Gasteiger partial charge in [0.05, 0.1) is 13.0 Å². The molecule has 0 aliphatic rings. The van der Waals surface area contributed by atoms with Crippen LogP contribution in [-0.4, -0.2) is 19.3 Å². The largest absolute Gasteiger partial charge is 0.469 e. The van der Waals surface area contributed by atoms with E-state index >= 15 is 0 Å². The summed E-state index contributed by atoms with van der Waals surface area (Å²) in [7, 11) is 1.41. The van der Waals surface area contributed by atoms with Gasteiger partial charge in [0, 0.05) is 4.90 Å². The fourth-order valence-electron chi connectivity index (χ4n) is 1.22. The van der Waals surface area contributed by atoms with E-state index in [2.05, 4.69) is 0 Å². The molecule has 0 amide bonds. The maximum atomic E-state index is 11.3. The summed E-state index contributed by atoms with van der Waals surface area (Å²) in [5.41, 5.74) is 1.00. The molecule has 0 N–H and O–H groups in total. The number of methoxy groups -OCH3 is 1. The Morgan fingerprint density at radius 3 is 2.79 bits per heavy atom. The lowest BCUT2D eigenvalue weighted by Gasteiger charge is -2.09. The average Bonchev–Trinajstić information content (AvgIpc) is 2.27. The highest BCUT2D eigenvalue weighted by molar-refractivity contribution is 7.98. The molecule has 1 unspecified atom stereocenters. The Labute approximate surface area is 88.7 Å². The number of carbonyl (C=O) groups excluding carboxylic acids is 1. The van der Waals surface area contributed by atoms with Gasteiger partial charge in [0.25, 0.3) is 0 Å². The summed E-state index contributed by atoms with van der Waals surface area (Å²) in [6, 6.07) is 7.95. The van der Waals surface area contributed by atoms with Crippen molar-refractivity contribution >= 4 is 17.7 Å². The van der Waals surface area contributed by atoms with Crippen LogP contribution in [0.4, 0.5) is 0 Å². The number of esters is 1. The zero-order chi connectivity index (χ0) is 10.6. The monoisotopic (exact) mass is 210 g/mol. The summed E-state index contributed by atoms with van der Waals surface area (Å²) in [5, 5.41) is 0. The van der Waals surface area contributed by atoms with Gasteiger partial charge in [-0.3, -0.25) is 4.79 Å². The van der Waals surface area contributed by atoms with Crippen molar-refractivity contribution in [1.82, 2.24) is 0 Å². The third kappa shape index (κ3) is 2.51. The van der Waals surface area contributed by atoms with E-state index in [4.69, 9.17) is 4.74 Å². The van der Waals surface area contributed by atoms with E-state index in [-0.39, 0.29) is 11.9 Å². The highest BCUT2D eigenvalue weighted by atomic mass is 32.2. The molecular formula is C11H14O2S. The summed E-state index contributed by atoms with van der Waals surface area (Å²) in [4.78, 5) is 12.4. The van der Waals surface area contributed by atoms with Gasteiger partial charge in [-0.25, -0.2) is 0 Å². The van der Waals surface area contributed by atoms with Gasteiger partial charge in [-0.15, -0.1) is 11.8 Å². The molecule has 0 aromatic heterocycles. The summed E-state index contributed by atoms with van der Waals surface area (Å²) >= 11 is 1.67. The Hall–Kier alpha value is -0.960. The normalized spacial score (nSPS) is 12.2. The molecule has 0 aliphatic heterocycles. The Kier molecular flexibility index (Phi) is 4.01. The first-order valence-electron chi connectivity index (χ1n) is 4.40. The molecule has 0 saturated heterocycles. The molecule has 0 fully saturated rings. The van der Waals surface area contributed by atoms with Crippen LogP contribution in [0.5, 0.6) is 0 Å². The van der Waals surface area contributed by atoms with Gasteiger partial charge in [0.2, 0.25) is 0 Å². The lowest BCUT2D eigenvalue weighted by Crippen LogP contribution is -2.10. The van der Waals surface area contributed by atoms with Gasteiger partial charge in [0.1, 0.15) is 0 Å². The lowest BCUT2D eigenvalue weighted by molar-refractivity contribution is -0.141. The first kappa shape index (κ1) is 11.1. The van der Waals surface area contributed by atoms with Crippen molar-refractivity contribution in [1.29, 1.82) is 0 Å². The summed E-state index contributed by atoms with van der Waals surface area (Å²) in [6.45, 7) is 1.85. The minimum Gasteiger partial charge on any atom is -0.469 e. The van der Waals surface area contributed by atoms with Gasteiger partial charge >= 0.3 is 5.97 Å². The standard InChI is InChI=1S/C11H14O2S/c1-8(11(12)13-2)9-5-4-6-10(7-9)14-3/h4-8H,1-3H3. The van der Waals surface area contributed by atoms with Crippen molar-refractivity contribution in [3.05, 3.63) is 29.8 Å². The second-order valence-corrected chi connectivity index (χ2v) is 3.90. The fourth-order valence-corrected chi connectivity index (χ4v) is 1.69. The fraction of sp³-hybridized carbons (Fsp3) is 0.364. The number of ether oxygens (including phenoxy) is 1. The molecule has 0 radical (unpaired) electrons. The highest BCUT2D eigenvalue weighted by Crippen LogP contribution is 2.22. The van der Waals surface area contributed by atoms with Crippen LogP contribution in [0.3, 0.4) is 0 Å². The molecule has 1 aromatic rings. The van der Waals surface area contributed by atoms with Gasteiger partial charge in [-0.1, -0.05) is 12.1 Å². The number of hydrogen-bond donors (Lipinski definition) is 0. The van der Waals surface area contributed by atoms with Crippen molar-refractivity contribution in [3.8, 4) is 0 Å². The second-order valence-electron chi connectivity index (χ2n) is 3.02. The molecule has 1 rings (SSSR count). The molecule has 0 heterocycles. The number of benzene rings is 1. The van der Waals surface area contributed by atoms with Crippen LogP contribution in [0, 0.1) is 0 Å². The van der Waals surface area contributed by atoms with E-state index in [9.17, 15) is 4.79 Å². The Bertz CT molecular complexity index is 323. The lowest BCUT2D eigenvalue weighted by atomic mass is 10.0. The van der Waals surface area contributed by atoms with Crippen molar-refractivity contribution < 1.29 is 9.53 Å². The number of hydrogen-bond acceptors (Lipinski definition) is 3. The average molecular weight is 210 g/mol. The van der Waals surface area contributed by atoms with Gasteiger partial charge < -0.3 is 4.74 Å². The number of rotatable bonds is 3. The maximum Gasteiger partial charge on any atom is 0.312 e. The Morgan fingerprint density at radius 2 is 2.21 bits per heavy atom. The minimum atomic E-state index is -0.191. The molecule has 3 heteroatoms. The number of thioether (sulfide) groups is 1. The molecule has 0 aliphatic carbocycles. The zero-order valence-electron chi connectivity index (χ0n) is 8.61. The Balaban J connectivity index is 2.89. The van der Waals surface area contributed by atoms with Crippen LogP contribution in [-0.2, 0) is 9.53 Å². The highest BCUT2D eigenvalue weighted by Gasteiger charge is 2.15. The molecule has 1 atom stereocenters. The molecule has 14 heavy (non-hydrogen) atoms. The summed E-state index contributed by atoms with van der Waals surface area (Å²) in [6.07, 6.45) is 2.02. The van der Waals surface area contributed by atoms with Gasteiger partial charge in [0.15, 0.2) is 0 Å². The van der Waals surface area contributed by atoms with Gasteiger partial charge in [-0.05, 0) is 30.9 Å². The van der Waals surface area contributed by atoms with E-state index < -0.39 is 0 Å². The predicted octanol–water partition coefficient (Wildman–Crippen LogP) is 2.69. The summed E-state index contributed by atoms with van der Waals surface area (Å²) in [5.74, 6) is -0.379. The maximum absolute atomic E-state index is 11.3. The topological polar surface area (TPSA) is 26.3 Å². The smallest absolute Gasteiger partial charge is 0.312 e. The van der Waals surface area contributed by atoms with Crippen molar-refractivity contribution in [2.24, 2.45) is 0 Å². The van der Waals surface area contributed by atoms with Crippen LogP contribution < -0.4 is 0 Å². The minimum absolute atomic E-state index is 0.188. The molecule has 0 saturated carbocycles. The van der Waals surface area contributed by atoms with Crippen molar-refractivity contribution in [2.45, 2.75) is 17.7 Å². The van der Waals surface area contributed by atoms with Crippen LogP contribution in [0.25, 0.3) is 0 Å². The van der Waals surface area contributed by atoms with Crippen LogP contribution in [0.1, 0.15) is 18.4 Å². The Morgan fingerprint density at radius 1 is 1.50 bits per heavy atom. The third-order valence-electron chi connectivity index (χ3n) is 2.15. The van der Waals surface area contributed by atoms with E-state index in [0.29, 0.717) is 0 Å². The van der Waals surface area contributed by atoms with Crippen LogP contribution in [0.15, 0.2) is 29.2 Å². The van der Waals surface area contributed by atoms with E-state index in [1.54, 1.807) is 11.8 Å². The quantitative estimate of drug-likeness (QED) is 0.567.